The van der Waals surface area contributed by atoms with Gasteiger partial charge in [-0.05, 0) is 61.3 Å². The third-order valence-corrected chi connectivity index (χ3v) is 7.66. The van der Waals surface area contributed by atoms with Crippen molar-refractivity contribution in [1.29, 1.82) is 0 Å². The van der Waals surface area contributed by atoms with E-state index in [-0.39, 0.29) is 22.9 Å². The Bertz CT molecular complexity index is 645. The van der Waals surface area contributed by atoms with Gasteiger partial charge in [0.2, 0.25) is 0 Å². The molecule has 0 spiro atoms. The van der Waals surface area contributed by atoms with Crippen molar-refractivity contribution in [3.63, 3.8) is 0 Å². The zero-order chi connectivity index (χ0) is 17.1. The van der Waals surface area contributed by atoms with Gasteiger partial charge in [0.25, 0.3) is 0 Å². The fourth-order valence-corrected chi connectivity index (χ4v) is 6.24. The standard InChI is InChI=1S/C21H28O3/c1-13(22)24-15-8-10-20(2)14(12-15)4-5-16-17-6-7-19(23)21(17,3)11-9-18(16)20/h4,6-7,15-18H,5,8-12H2,1-3H3. The maximum atomic E-state index is 12.4. The molecule has 0 N–H and O–H groups in total. The van der Waals surface area contributed by atoms with Crippen molar-refractivity contribution in [3.8, 4) is 0 Å². The molecule has 24 heavy (non-hydrogen) atoms. The van der Waals surface area contributed by atoms with E-state index in [0.717, 1.165) is 38.5 Å². The van der Waals surface area contributed by atoms with Gasteiger partial charge in [-0.1, -0.05) is 31.6 Å². The first-order chi connectivity index (χ1) is 11.3. The molecule has 0 radical (unpaired) electrons. The molecule has 0 heterocycles. The van der Waals surface area contributed by atoms with E-state index in [0.29, 0.717) is 23.5 Å². The van der Waals surface area contributed by atoms with E-state index in [9.17, 15) is 9.59 Å². The highest BCUT2D eigenvalue weighted by atomic mass is 16.5. The lowest BCUT2D eigenvalue weighted by Crippen LogP contribution is -2.50. The van der Waals surface area contributed by atoms with Gasteiger partial charge in [-0.2, -0.15) is 0 Å². The molecule has 130 valence electrons. The SMILES string of the molecule is CC(=O)OC1CCC2(C)C(=CCC3C4C=CC(=O)C4(C)CCC32)C1. The van der Waals surface area contributed by atoms with Gasteiger partial charge in [0.1, 0.15) is 6.10 Å². The molecule has 0 amide bonds. The van der Waals surface area contributed by atoms with Crippen LogP contribution in [-0.2, 0) is 14.3 Å². The zero-order valence-electron chi connectivity index (χ0n) is 15.0. The molecule has 0 aromatic rings. The van der Waals surface area contributed by atoms with Crippen molar-refractivity contribution in [1.82, 2.24) is 0 Å². The first-order valence-electron chi connectivity index (χ1n) is 9.44. The Morgan fingerprint density at radius 1 is 1.21 bits per heavy atom. The van der Waals surface area contributed by atoms with Crippen molar-refractivity contribution in [2.45, 2.75) is 65.4 Å². The first kappa shape index (κ1) is 16.1. The Morgan fingerprint density at radius 3 is 2.71 bits per heavy atom. The number of esters is 1. The Hall–Kier alpha value is -1.38. The number of rotatable bonds is 1. The molecule has 2 saturated carbocycles. The van der Waals surface area contributed by atoms with Gasteiger partial charge in [-0.15, -0.1) is 0 Å². The molecular weight excluding hydrogens is 300 g/mol. The molecule has 4 aliphatic rings. The molecule has 3 heteroatoms. The van der Waals surface area contributed by atoms with E-state index in [1.54, 1.807) is 0 Å². The van der Waals surface area contributed by atoms with Crippen LogP contribution in [0.5, 0.6) is 0 Å². The number of fused-ring (bicyclic) bond motifs is 5. The van der Waals surface area contributed by atoms with Gasteiger partial charge in [-0.3, -0.25) is 9.59 Å². The highest BCUT2D eigenvalue weighted by molar-refractivity contribution is 5.97. The summed E-state index contributed by atoms with van der Waals surface area (Å²) < 4.78 is 5.49. The highest BCUT2D eigenvalue weighted by Crippen LogP contribution is 2.62. The molecular formula is C21H28O3. The van der Waals surface area contributed by atoms with Crippen molar-refractivity contribution in [2.75, 3.05) is 0 Å². The largest absolute Gasteiger partial charge is 0.462 e. The van der Waals surface area contributed by atoms with Gasteiger partial charge in [-0.25, -0.2) is 0 Å². The summed E-state index contributed by atoms with van der Waals surface area (Å²) in [7, 11) is 0. The molecule has 4 aliphatic carbocycles. The van der Waals surface area contributed by atoms with Crippen LogP contribution in [0.1, 0.15) is 59.3 Å². The third-order valence-electron chi connectivity index (χ3n) is 7.66. The van der Waals surface area contributed by atoms with Gasteiger partial charge >= 0.3 is 5.97 Å². The fourth-order valence-electron chi connectivity index (χ4n) is 6.24. The maximum Gasteiger partial charge on any atom is 0.302 e. The summed E-state index contributed by atoms with van der Waals surface area (Å²) in [5, 5.41) is 0. The average molecular weight is 328 g/mol. The number of carbonyl (C=O) groups excluding carboxylic acids is 2. The Kier molecular flexibility index (Phi) is 3.56. The second kappa shape index (κ2) is 5.31. The van der Waals surface area contributed by atoms with Gasteiger partial charge in [0.15, 0.2) is 5.78 Å². The van der Waals surface area contributed by atoms with E-state index in [1.165, 1.54) is 12.5 Å². The van der Waals surface area contributed by atoms with Crippen LogP contribution >= 0.6 is 0 Å². The number of ketones is 1. The lowest BCUT2D eigenvalue weighted by Gasteiger charge is -2.56. The summed E-state index contributed by atoms with van der Waals surface area (Å²) in [5.74, 6) is 1.82. The summed E-state index contributed by atoms with van der Waals surface area (Å²) >= 11 is 0. The number of carbonyl (C=O) groups is 2. The van der Waals surface area contributed by atoms with E-state index in [1.807, 2.05) is 6.08 Å². The molecule has 0 aromatic heterocycles. The molecule has 0 aromatic carbocycles. The number of allylic oxidation sites excluding steroid dienone is 3. The molecule has 3 nitrogen and oxygen atoms in total. The predicted octanol–water partition coefficient (Wildman–Crippen LogP) is 4.23. The fraction of sp³-hybridized carbons (Fsp3) is 0.714. The second-order valence-corrected chi connectivity index (χ2v) is 8.83. The van der Waals surface area contributed by atoms with Crippen LogP contribution in [0.3, 0.4) is 0 Å². The van der Waals surface area contributed by atoms with E-state index >= 15 is 0 Å². The molecule has 4 rings (SSSR count). The van der Waals surface area contributed by atoms with Crippen molar-refractivity contribution in [2.24, 2.45) is 28.6 Å². The molecule has 0 saturated heterocycles. The summed E-state index contributed by atoms with van der Waals surface area (Å²) in [6.07, 6.45) is 12.7. The predicted molar refractivity (Wildman–Crippen MR) is 92.2 cm³/mol. The molecule has 6 atom stereocenters. The molecule has 0 aliphatic heterocycles. The van der Waals surface area contributed by atoms with Crippen molar-refractivity contribution >= 4 is 11.8 Å². The Morgan fingerprint density at radius 2 is 1.96 bits per heavy atom. The molecule has 2 fully saturated rings. The van der Waals surface area contributed by atoms with Crippen LogP contribution < -0.4 is 0 Å². The minimum atomic E-state index is -0.166. The summed E-state index contributed by atoms with van der Waals surface area (Å²) in [4.78, 5) is 23.7. The van der Waals surface area contributed by atoms with Crippen LogP contribution in [0.25, 0.3) is 0 Å². The Balaban J connectivity index is 1.61. The van der Waals surface area contributed by atoms with Gasteiger partial charge < -0.3 is 4.74 Å². The summed E-state index contributed by atoms with van der Waals surface area (Å²) in [5.41, 5.74) is 1.57. The van der Waals surface area contributed by atoms with Crippen molar-refractivity contribution in [3.05, 3.63) is 23.8 Å². The van der Waals surface area contributed by atoms with E-state index in [4.69, 9.17) is 4.74 Å². The van der Waals surface area contributed by atoms with Crippen LogP contribution in [-0.4, -0.2) is 17.9 Å². The van der Waals surface area contributed by atoms with Crippen LogP contribution in [0.2, 0.25) is 0 Å². The minimum Gasteiger partial charge on any atom is -0.462 e. The number of hydrogen-bond donors (Lipinski definition) is 0. The quantitative estimate of drug-likeness (QED) is 0.534. The van der Waals surface area contributed by atoms with E-state index in [2.05, 4.69) is 26.0 Å². The van der Waals surface area contributed by atoms with Crippen LogP contribution in [0.4, 0.5) is 0 Å². The monoisotopic (exact) mass is 328 g/mol. The highest BCUT2D eigenvalue weighted by Gasteiger charge is 2.57. The van der Waals surface area contributed by atoms with Crippen LogP contribution in [0.15, 0.2) is 23.8 Å². The maximum absolute atomic E-state index is 12.4. The normalized spacial score (nSPS) is 46.6. The first-order valence-corrected chi connectivity index (χ1v) is 9.44. The molecule has 0 bridgehead atoms. The lowest BCUT2D eigenvalue weighted by molar-refractivity contribution is -0.148. The summed E-state index contributed by atoms with van der Waals surface area (Å²) in [6, 6.07) is 0. The van der Waals surface area contributed by atoms with Crippen molar-refractivity contribution < 1.29 is 14.3 Å². The smallest absolute Gasteiger partial charge is 0.302 e. The zero-order valence-corrected chi connectivity index (χ0v) is 15.0. The third kappa shape index (κ3) is 2.16. The average Bonchev–Trinajstić information content (AvgIpc) is 2.83. The van der Waals surface area contributed by atoms with E-state index < -0.39 is 0 Å². The number of ether oxygens (including phenoxy) is 1. The minimum absolute atomic E-state index is 0.0557. The Labute approximate surface area is 144 Å². The second-order valence-electron chi connectivity index (χ2n) is 8.83. The lowest BCUT2D eigenvalue weighted by atomic mass is 9.48. The molecule has 6 unspecified atom stereocenters. The number of hydrogen-bond acceptors (Lipinski definition) is 3. The summed E-state index contributed by atoms with van der Waals surface area (Å²) in [6.45, 7) is 6.10. The van der Waals surface area contributed by atoms with Crippen LogP contribution in [0, 0.1) is 28.6 Å². The van der Waals surface area contributed by atoms with Gasteiger partial charge in [0.05, 0.1) is 0 Å². The van der Waals surface area contributed by atoms with Gasteiger partial charge in [0, 0.05) is 18.8 Å². The topological polar surface area (TPSA) is 43.4 Å².